The predicted molar refractivity (Wildman–Crippen MR) is 330 cm³/mol. The van der Waals surface area contributed by atoms with Crippen molar-refractivity contribution >= 4 is 23.9 Å². The number of allylic oxidation sites excluding steroid dienone is 12. The monoisotopic (exact) mass is 1330 g/mol. The number of rotatable bonds is 6. The largest absolute Gasteiger partial charge is 0.481 e. The van der Waals surface area contributed by atoms with Crippen LogP contribution < -0.4 is 11.5 Å². The Balaban J connectivity index is 0.000000266. The summed E-state index contributed by atoms with van der Waals surface area (Å²) in [5.41, 5.74) is 12.0. The third-order valence-electron chi connectivity index (χ3n) is 17.2. The lowest BCUT2D eigenvalue weighted by Gasteiger charge is -2.45. The van der Waals surface area contributed by atoms with Crippen LogP contribution in [0.2, 0.25) is 0 Å². The van der Waals surface area contributed by atoms with Crippen molar-refractivity contribution in [3.63, 3.8) is 0 Å². The molecule has 8 aliphatic heterocycles. The minimum atomic E-state index is -2.10. The molecule has 28 atom stereocenters. The van der Waals surface area contributed by atoms with Gasteiger partial charge in [-0.1, -0.05) is 97.2 Å². The molecule has 8 heterocycles. The molecule has 28 nitrogen and oxygen atoms in total. The molecule has 6 fully saturated rings. The van der Waals surface area contributed by atoms with Crippen LogP contribution in [0.5, 0.6) is 0 Å². The summed E-state index contributed by atoms with van der Waals surface area (Å²) in [6.45, 7) is 6.67. The Morgan fingerprint density at radius 2 is 0.819 bits per heavy atom. The van der Waals surface area contributed by atoms with Crippen LogP contribution in [0.15, 0.2) is 122 Å². The van der Waals surface area contributed by atoms with Crippen molar-refractivity contribution in [3.05, 3.63) is 122 Å². The molecule has 0 aromatic rings. The summed E-state index contributed by atoms with van der Waals surface area (Å²) in [6, 6.07) is -2.15. The number of carbonyl (C=O) groups is 4. The van der Waals surface area contributed by atoms with E-state index in [4.69, 9.17) is 58.8 Å². The maximum absolute atomic E-state index is 12.3. The standard InChI is InChI=1S/2C33H47NO13/c2*1-18-10-8-6-4-3-5-7-9-11-21(45-32-30(39)28(34)29(38)19(2)44-32)15-25-27(31(40)41)22(36)17-33(42,47-25)16-20(35)14-24-23(46-24)12-13-26(37)43-18/h2*3-9,11-13,18-25,27-30,32,35-36,38-39,42H,10,14-17,34H2,1-2H3,(H,40,41)/b2*4-3+,7-5+,8-6+,11-9+,13-12+/t18-,19-,20+,21+,22+,23-,24-,25+,27-,28+,29-,30+,32+,33-;18-,19-,20+,21+,22-,23-,24-,25+,27-,28+,29-,30+,32+,33-/m11/s1. The van der Waals surface area contributed by atoms with Gasteiger partial charge in [-0.3, -0.25) is 9.59 Å². The Kier molecular flexibility index (Phi) is 28.3. The molecule has 0 aliphatic carbocycles. The van der Waals surface area contributed by atoms with Crippen LogP contribution in [-0.4, -0.2) is 243 Å². The number of aliphatic hydroxyl groups excluding tert-OH is 8. The number of carbonyl (C=O) groups excluding carboxylic acids is 2. The number of hydrogen-bond acceptors (Lipinski definition) is 26. The van der Waals surface area contributed by atoms with Gasteiger partial charge in [0.25, 0.3) is 0 Å². The van der Waals surface area contributed by atoms with Crippen molar-refractivity contribution in [2.24, 2.45) is 23.3 Å². The first-order valence-corrected chi connectivity index (χ1v) is 31.8. The Labute approximate surface area is 545 Å². The van der Waals surface area contributed by atoms with Crippen LogP contribution >= 0.6 is 0 Å². The second-order valence-corrected chi connectivity index (χ2v) is 25.1. The van der Waals surface area contributed by atoms with Gasteiger partial charge in [-0.2, -0.15) is 0 Å². The zero-order valence-electron chi connectivity index (χ0n) is 52.9. The highest BCUT2D eigenvalue weighted by atomic mass is 16.7. The highest BCUT2D eigenvalue weighted by molar-refractivity contribution is 5.82. The summed E-state index contributed by atoms with van der Waals surface area (Å²) in [5, 5.41) is 128. The SMILES string of the molecule is C[C@@H]1C/C=C/C=C/C=C/C=C/[C@H](O[C@@H]2O[C@H](C)[C@@H](O)[C@H](N)[C@@H]2O)C[C@@H]2O[C@](O)(C[C@@H](O)C[C@H]3O[C@@H]3/C=C/C(=O)O1)C[C@@H](O)[C@H]2C(=O)O.C[C@@H]1C/C=C/C=C/C=C/C=C/[C@H](O[C@@H]2O[C@H](C)[C@@H](O)[C@H](N)[C@@H]2O)C[C@@H]2O[C@](O)(C[C@@H](O)C[C@H]3O[C@@H]3/C=C/C(=O)O1)C[C@H](O)[C@H]2C(=O)O. The van der Waals surface area contributed by atoms with Crippen molar-refractivity contribution in [3.8, 4) is 0 Å². The number of hydrogen-bond donors (Lipinski definition) is 14. The van der Waals surface area contributed by atoms with E-state index in [1.165, 1.54) is 24.3 Å². The lowest BCUT2D eigenvalue weighted by Crippen LogP contribution is -2.61. The van der Waals surface area contributed by atoms with Gasteiger partial charge in [0.15, 0.2) is 24.2 Å². The zero-order valence-corrected chi connectivity index (χ0v) is 52.9. The van der Waals surface area contributed by atoms with Gasteiger partial charge in [-0.05, 0) is 39.8 Å². The lowest BCUT2D eigenvalue weighted by atomic mass is 9.83. The molecular formula is C66H94N2O26. The lowest BCUT2D eigenvalue weighted by molar-refractivity contribution is -0.309. The van der Waals surface area contributed by atoms with Gasteiger partial charge >= 0.3 is 23.9 Å². The Bertz CT molecular complexity index is 2620. The van der Waals surface area contributed by atoms with Gasteiger partial charge in [0.05, 0.1) is 97.5 Å². The molecule has 0 aromatic carbocycles. The van der Waals surface area contributed by atoms with Gasteiger partial charge < -0.3 is 120 Å². The number of epoxide rings is 2. The minimum Gasteiger partial charge on any atom is -0.481 e. The fraction of sp³-hybridized carbons (Fsp3) is 0.636. The van der Waals surface area contributed by atoms with Gasteiger partial charge in [0.2, 0.25) is 0 Å². The van der Waals surface area contributed by atoms with Crippen molar-refractivity contribution in [1.82, 2.24) is 0 Å². The summed E-state index contributed by atoms with van der Waals surface area (Å²) in [5.74, 6) is -10.9. The molecule has 4 bridgehead atoms. The summed E-state index contributed by atoms with van der Waals surface area (Å²) in [7, 11) is 0. The first-order valence-electron chi connectivity index (χ1n) is 31.8. The number of esters is 2. The number of cyclic esters (lactones) is 2. The molecule has 0 saturated carbocycles. The molecule has 16 N–H and O–H groups in total. The number of aliphatic hydroxyl groups is 10. The number of carboxylic acids is 2. The van der Waals surface area contributed by atoms with E-state index in [9.17, 15) is 80.5 Å². The van der Waals surface area contributed by atoms with E-state index in [2.05, 4.69) is 0 Å². The third kappa shape index (κ3) is 22.8. The number of fused-ring (bicyclic) bond motifs is 6. The van der Waals surface area contributed by atoms with E-state index < -0.39 is 195 Å². The third-order valence-corrected chi connectivity index (χ3v) is 17.2. The number of aliphatic carboxylic acids is 2. The quantitative estimate of drug-likeness (QED) is 0.125. The maximum Gasteiger partial charge on any atom is 0.330 e. The van der Waals surface area contributed by atoms with Crippen LogP contribution in [0.25, 0.3) is 0 Å². The molecule has 8 aliphatic rings. The second kappa shape index (κ2) is 35.1. The van der Waals surface area contributed by atoms with E-state index in [0.29, 0.717) is 12.8 Å². The molecule has 524 valence electrons. The molecule has 0 unspecified atom stereocenters. The highest BCUT2D eigenvalue weighted by Gasteiger charge is 2.54. The molecule has 94 heavy (non-hydrogen) atoms. The number of carboxylic acid groups (broad SMARTS) is 2. The Hall–Kier alpha value is -5.52. The van der Waals surface area contributed by atoms with Crippen LogP contribution in [0.4, 0.5) is 0 Å². The van der Waals surface area contributed by atoms with Crippen molar-refractivity contribution in [2.75, 3.05) is 0 Å². The smallest absolute Gasteiger partial charge is 0.330 e. The fourth-order valence-electron chi connectivity index (χ4n) is 12.0. The average Bonchev–Trinajstić information content (AvgIpc) is 1.45. The van der Waals surface area contributed by atoms with Crippen molar-refractivity contribution in [1.29, 1.82) is 0 Å². The Morgan fingerprint density at radius 1 is 0.468 bits per heavy atom. The molecule has 28 heteroatoms. The van der Waals surface area contributed by atoms with Gasteiger partial charge in [-0.25, -0.2) is 9.59 Å². The van der Waals surface area contributed by atoms with Crippen LogP contribution in [0, 0.1) is 11.8 Å². The van der Waals surface area contributed by atoms with Gasteiger partial charge in [0, 0.05) is 76.4 Å². The van der Waals surface area contributed by atoms with Crippen LogP contribution in [0.3, 0.4) is 0 Å². The topological polar surface area (TPSA) is 462 Å². The molecule has 0 amide bonds. The predicted octanol–water partition coefficient (Wildman–Crippen LogP) is 0.239. The first-order chi connectivity index (χ1) is 44.5. The minimum absolute atomic E-state index is 0.0789. The number of ether oxygens (including phenoxy) is 10. The van der Waals surface area contributed by atoms with Crippen molar-refractivity contribution < 1.29 is 128 Å². The van der Waals surface area contributed by atoms with Crippen LogP contribution in [-0.2, 0) is 66.5 Å². The molecule has 0 radical (unpaired) electrons. The van der Waals surface area contributed by atoms with Crippen LogP contribution in [0.1, 0.15) is 91.9 Å². The molecule has 6 saturated heterocycles. The van der Waals surface area contributed by atoms with Gasteiger partial charge in [-0.15, -0.1) is 0 Å². The molecule has 0 aromatic heterocycles. The normalized spacial score (nSPS) is 47.2. The molecule has 8 rings (SSSR count). The second-order valence-electron chi connectivity index (χ2n) is 25.1. The summed E-state index contributed by atoms with van der Waals surface area (Å²) < 4.78 is 57.0. The van der Waals surface area contributed by atoms with E-state index in [0.717, 1.165) is 0 Å². The van der Waals surface area contributed by atoms with E-state index >= 15 is 0 Å². The summed E-state index contributed by atoms with van der Waals surface area (Å²) >= 11 is 0. The van der Waals surface area contributed by atoms with E-state index in [1.54, 1.807) is 113 Å². The summed E-state index contributed by atoms with van der Waals surface area (Å²) in [6.07, 6.45) is 10.5. The average molecular weight is 1330 g/mol. The fourth-order valence-corrected chi connectivity index (χ4v) is 12.0. The first kappa shape index (κ1) is 75.9. The zero-order chi connectivity index (χ0) is 68.6. The highest BCUT2D eigenvalue weighted by Crippen LogP contribution is 2.41. The van der Waals surface area contributed by atoms with E-state index in [1.807, 2.05) is 12.2 Å². The van der Waals surface area contributed by atoms with Crippen molar-refractivity contribution in [2.45, 2.75) is 250 Å². The van der Waals surface area contributed by atoms with E-state index in [-0.39, 0.29) is 50.7 Å². The summed E-state index contributed by atoms with van der Waals surface area (Å²) in [4.78, 5) is 48.9. The molecular weight excluding hydrogens is 1240 g/mol. The maximum atomic E-state index is 12.3. The Morgan fingerprint density at radius 3 is 1.18 bits per heavy atom. The number of nitrogens with two attached hydrogens (primary N) is 2. The molecule has 0 spiro atoms. The van der Waals surface area contributed by atoms with Gasteiger partial charge in [0.1, 0.15) is 48.5 Å².